The number of nitrogens with zero attached hydrogens (tertiary/aromatic N) is 1. The Kier molecular flexibility index (Phi) is 3.97. The summed E-state index contributed by atoms with van der Waals surface area (Å²) < 4.78 is 13.4. The van der Waals surface area contributed by atoms with Gasteiger partial charge in [-0.1, -0.05) is 13.0 Å². The van der Waals surface area contributed by atoms with Crippen molar-refractivity contribution in [3.63, 3.8) is 0 Å². The van der Waals surface area contributed by atoms with Gasteiger partial charge in [-0.25, -0.2) is 4.39 Å². The van der Waals surface area contributed by atoms with Crippen molar-refractivity contribution in [2.75, 3.05) is 11.4 Å². The molecule has 0 fully saturated rings. The fraction of sp³-hybridized carbons (Fsp3) is 0.500. The van der Waals surface area contributed by atoms with Gasteiger partial charge in [0.25, 0.3) is 0 Å². The zero-order valence-corrected chi connectivity index (χ0v) is 10.7. The van der Waals surface area contributed by atoms with E-state index in [1.54, 1.807) is 11.0 Å². The summed E-state index contributed by atoms with van der Waals surface area (Å²) in [6.45, 7) is 2.56. The Labute approximate surface area is 107 Å². The molecule has 1 unspecified atom stereocenters. The molecule has 0 radical (unpaired) electrons. The van der Waals surface area contributed by atoms with Crippen LogP contribution >= 0.6 is 0 Å². The quantitative estimate of drug-likeness (QED) is 0.890. The number of rotatable bonds is 4. The van der Waals surface area contributed by atoms with E-state index in [0.717, 1.165) is 24.1 Å². The maximum atomic E-state index is 13.4. The third kappa shape index (κ3) is 2.38. The van der Waals surface area contributed by atoms with Gasteiger partial charge in [-0.15, -0.1) is 0 Å². The summed E-state index contributed by atoms with van der Waals surface area (Å²) in [6.07, 6.45) is 2.78. The lowest BCUT2D eigenvalue weighted by Gasteiger charge is -2.35. The van der Waals surface area contributed by atoms with Gasteiger partial charge in [-0.2, -0.15) is 0 Å². The Hall–Kier alpha value is -1.42. The van der Waals surface area contributed by atoms with Gasteiger partial charge in [0.15, 0.2) is 0 Å². The molecule has 0 aromatic heterocycles. The monoisotopic (exact) mass is 250 g/mol. The van der Waals surface area contributed by atoms with Crippen LogP contribution in [0, 0.1) is 5.82 Å². The van der Waals surface area contributed by atoms with Crippen LogP contribution in [0.3, 0.4) is 0 Å². The van der Waals surface area contributed by atoms with Crippen LogP contribution in [-0.2, 0) is 11.2 Å². The summed E-state index contributed by atoms with van der Waals surface area (Å²) >= 11 is 0. The molecule has 0 saturated carbocycles. The summed E-state index contributed by atoms with van der Waals surface area (Å²) in [5.41, 5.74) is 7.37. The highest BCUT2D eigenvalue weighted by Gasteiger charge is 2.29. The first-order chi connectivity index (χ1) is 8.67. The van der Waals surface area contributed by atoms with Crippen LogP contribution in [0.1, 0.15) is 31.7 Å². The van der Waals surface area contributed by atoms with E-state index in [0.29, 0.717) is 19.4 Å². The van der Waals surface area contributed by atoms with Crippen molar-refractivity contribution in [1.82, 2.24) is 0 Å². The molecule has 2 N–H and O–H groups in total. The van der Waals surface area contributed by atoms with E-state index < -0.39 is 0 Å². The fourth-order valence-corrected chi connectivity index (χ4v) is 2.58. The fourth-order valence-electron chi connectivity index (χ4n) is 2.58. The van der Waals surface area contributed by atoms with Crippen molar-refractivity contribution in [3.8, 4) is 0 Å². The molecular weight excluding hydrogens is 231 g/mol. The first-order valence-corrected chi connectivity index (χ1v) is 6.48. The topological polar surface area (TPSA) is 46.3 Å². The molecule has 1 amide bonds. The van der Waals surface area contributed by atoms with Crippen LogP contribution in [0.4, 0.5) is 10.1 Å². The summed E-state index contributed by atoms with van der Waals surface area (Å²) in [6, 6.07) is 4.77. The Morgan fingerprint density at radius 2 is 2.22 bits per heavy atom. The van der Waals surface area contributed by atoms with Crippen LogP contribution in [-0.4, -0.2) is 18.5 Å². The van der Waals surface area contributed by atoms with Crippen molar-refractivity contribution in [3.05, 3.63) is 29.6 Å². The van der Waals surface area contributed by atoms with Gasteiger partial charge in [-0.3, -0.25) is 4.79 Å². The number of carbonyl (C=O) groups is 1. The van der Waals surface area contributed by atoms with E-state index in [4.69, 9.17) is 5.73 Å². The third-order valence-electron chi connectivity index (χ3n) is 3.52. The minimum absolute atomic E-state index is 0.0725. The highest BCUT2D eigenvalue weighted by atomic mass is 19.1. The van der Waals surface area contributed by atoms with E-state index in [9.17, 15) is 9.18 Å². The number of aryl methyl sites for hydroxylation is 1. The second kappa shape index (κ2) is 5.48. The van der Waals surface area contributed by atoms with E-state index in [1.807, 2.05) is 6.92 Å². The molecule has 98 valence electrons. The average molecular weight is 250 g/mol. The zero-order valence-electron chi connectivity index (χ0n) is 10.7. The largest absolute Gasteiger partial charge is 0.330 e. The molecule has 1 aliphatic heterocycles. The van der Waals surface area contributed by atoms with Gasteiger partial charge in [-0.05, 0) is 43.5 Å². The molecule has 3 nitrogen and oxygen atoms in total. The minimum atomic E-state index is -0.295. The number of nitrogens with two attached hydrogens (primary N) is 1. The van der Waals surface area contributed by atoms with Crippen LogP contribution in [0.15, 0.2) is 18.2 Å². The third-order valence-corrected chi connectivity index (χ3v) is 3.52. The number of anilines is 1. The Balaban J connectivity index is 2.40. The molecule has 1 aromatic carbocycles. The first kappa shape index (κ1) is 13.0. The second-order valence-electron chi connectivity index (χ2n) is 4.68. The average Bonchev–Trinajstić information content (AvgIpc) is 2.36. The lowest BCUT2D eigenvalue weighted by atomic mass is 9.97. The molecule has 0 spiro atoms. The summed E-state index contributed by atoms with van der Waals surface area (Å²) in [4.78, 5) is 13.9. The summed E-state index contributed by atoms with van der Waals surface area (Å²) in [5, 5.41) is 0. The molecule has 0 saturated heterocycles. The summed E-state index contributed by atoms with van der Waals surface area (Å²) in [7, 11) is 0. The highest BCUT2D eigenvalue weighted by molar-refractivity contribution is 5.97. The SMILES string of the molecule is CCC(CCN)N1C(=O)CCc2ccc(F)cc21. The van der Waals surface area contributed by atoms with E-state index in [-0.39, 0.29) is 17.8 Å². The lowest BCUT2D eigenvalue weighted by molar-refractivity contribution is -0.119. The number of carbonyl (C=O) groups excluding carboxylic acids is 1. The number of hydrogen-bond donors (Lipinski definition) is 1. The lowest BCUT2D eigenvalue weighted by Crippen LogP contribution is -2.44. The van der Waals surface area contributed by atoms with Crippen molar-refractivity contribution < 1.29 is 9.18 Å². The number of benzene rings is 1. The van der Waals surface area contributed by atoms with Gasteiger partial charge in [0.1, 0.15) is 5.82 Å². The Bertz CT molecular complexity index is 447. The molecule has 4 heteroatoms. The standard InChI is InChI=1S/C14H19FN2O/c1-2-12(7-8-16)17-13-9-11(15)5-3-10(13)4-6-14(17)18/h3,5,9,12H,2,4,6-8,16H2,1H3. The van der Waals surface area contributed by atoms with Crippen LogP contribution in [0.25, 0.3) is 0 Å². The second-order valence-corrected chi connectivity index (χ2v) is 4.68. The van der Waals surface area contributed by atoms with E-state index >= 15 is 0 Å². The molecule has 18 heavy (non-hydrogen) atoms. The molecule has 0 bridgehead atoms. The van der Waals surface area contributed by atoms with Crippen LogP contribution < -0.4 is 10.6 Å². The van der Waals surface area contributed by atoms with E-state index in [1.165, 1.54) is 12.1 Å². The maximum absolute atomic E-state index is 13.4. The van der Waals surface area contributed by atoms with Gasteiger partial charge in [0, 0.05) is 12.5 Å². The van der Waals surface area contributed by atoms with Gasteiger partial charge in [0.05, 0.1) is 5.69 Å². The molecule has 1 heterocycles. The minimum Gasteiger partial charge on any atom is -0.330 e. The molecule has 1 aromatic rings. The number of hydrogen-bond acceptors (Lipinski definition) is 2. The van der Waals surface area contributed by atoms with Crippen molar-refractivity contribution in [2.24, 2.45) is 5.73 Å². The highest BCUT2D eigenvalue weighted by Crippen LogP contribution is 2.31. The normalized spacial score (nSPS) is 16.6. The number of halogens is 1. The first-order valence-electron chi connectivity index (χ1n) is 6.48. The predicted octanol–water partition coefficient (Wildman–Crippen LogP) is 2.23. The maximum Gasteiger partial charge on any atom is 0.227 e. The smallest absolute Gasteiger partial charge is 0.227 e. The molecule has 1 aliphatic rings. The molecule has 0 aliphatic carbocycles. The van der Waals surface area contributed by atoms with Crippen molar-refractivity contribution >= 4 is 11.6 Å². The van der Waals surface area contributed by atoms with E-state index in [2.05, 4.69) is 0 Å². The zero-order chi connectivity index (χ0) is 13.1. The summed E-state index contributed by atoms with van der Waals surface area (Å²) in [5.74, 6) is -0.218. The van der Waals surface area contributed by atoms with Crippen molar-refractivity contribution in [2.45, 2.75) is 38.6 Å². The predicted molar refractivity (Wildman–Crippen MR) is 70.0 cm³/mol. The molecular formula is C14H19FN2O. The van der Waals surface area contributed by atoms with Crippen molar-refractivity contribution in [1.29, 1.82) is 0 Å². The Morgan fingerprint density at radius 3 is 2.89 bits per heavy atom. The van der Waals surface area contributed by atoms with Gasteiger partial charge >= 0.3 is 0 Å². The van der Waals surface area contributed by atoms with Crippen LogP contribution in [0.2, 0.25) is 0 Å². The van der Waals surface area contributed by atoms with Gasteiger partial charge < -0.3 is 10.6 Å². The molecule has 2 rings (SSSR count). The molecule has 1 atom stereocenters. The van der Waals surface area contributed by atoms with Crippen LogP contribution in [0.5, 0.6) is 0 Å². The number of amides is 1. The van der Waals surface area contributed by atoms with Gasteiger partial charge in [0.2, 0.25) is 5.91 Å². The number of fused-ring (bicyclic) bond motifs is 1. The Morgan fingerprint density at radius 1 is 1.44 bits per heavy atom.